The molecule has 5 rings (SSSR count). The monoisotopic (exact) mass is 516 g/mol. The molecule has 178 valence electrons. The molecular formula is C28H18Cl2N2O4. The Balaban J connectivity index is 1.42. The molecule has 0 aliphatic carbocycles. The number of benzene rings is 4. The molecule has 1 aliphatic rings. The topological polar surface area (TPSA) is 94.6 Å². The molecule has 0 spiro atoms. The molecule has 0 aromatic heterocycles. The second-order valence-corrected chi connectivity index (χ2v) is 8.87. The maximum absolute atomic E-state index is 12.4. The molecule has 1 atom stereocenters. The zero-order valence-corrected chi connectivity index (χ0v) is 20.2. The van der Waals surface area contributed by atoms with E-state index in [1.165, 1.54) is 6.07 Å². The highest BCUT2D eigenvalue weighted by Gasteiger charge is 2.32. The van der Waals surface area contributed by atoms with Crippen molar-refractivity contribution >= 4 is 39.9 Å². The molecule has 0 radical (unpaired) electrons. The lowest BCUT2D eigenvalue weighted by Crippen LogP contribution is -2.22. The zero-order chi connectivity index (χ0) is 25.2. The normalized spacial score (nSPS) is 14.5. The van der Waals surface area contributed by atoms with Gasteiger partial charge in [-0.1, -0.05) is 71.7 Å². The van der Waals surface area contributed by atoms with Crippen LogP contribution < -0.4 is 19.9 Å². The van der Waals surface area contributed by atoms with Crippen molar-refractivity contribution in [3.63, 3.8) is 0 Å². The highest BCUT2D eigenvalue weighted by Crippen LogP contribution is 2.45. The predicted molar refractivity (Wildman–Crippen MR) is 137 cm³/mol. The standard InChI is InChI=1S/C28H18Cl2N2O4/c29-17-8-11-24(23(30)12-17)34-15-26(33)35-18-9-10-21-25(13-18)36-28(32)22(14-31)27(21)20-7-3-5-16-4-1-2-6-19(16)20/h1-13,27H,15,32H2. The van der Waals surface area contributed by atoms with Crippen molar-refractivity contribution in [2.24, 2.45) is 5.73 Å². The van der Waals surface area contributed by atoms with Crippen LogP contribution in [0.2, 0.25) is 10.0 Å². The number of hydrogen-bond acceptors (Lipinski definition) is 6. The van der Waals surface area contributed by atoms with Gasteiger partial charge in [0.25, 0.3) is 0 Å². The number of ether oxygens (including phenoxy) is 3. The average Bonchev–Trinajstić information content (AvgIpc) is 2.87. The first-order valence-corrected chi connectivity index (χ1v) is 11.7. The maximum atomic E-state index is 12.4. The molecule has 0 amide bonds. The van der Waals surface area contributed by atoms with Gasteiger partial charge in [0, 0.05) is 16.7 Å². The third kappa shape index (κ3) is 4.55. The van der Waals surface area contributed by atoms with Crippen LogP contribution in [0.25, 0.3) is 10.8 Å². The molecule has 36 heavy (non-hydrogen) atoms. The van der Waals surface area contributed by atoms with E-state index in [0.717, 1.165) is 21.9 Å². The van der Waals surface area contributed by atoms with Gasteiger partial charge in [0.05, 0.1) is 10.9 Å². The molecule has 0 saturated carbocycles. The van der Waals surface area contributed by atoms with Crippen LogP contribution in [0.4, 0.5) is 0 Å². The summed E-state index contributed by atoms with van der Waals surface area (Å²) in [6.07, 6.45) is 0. The van der Waals surface area contributed by atoms with E-state index in [1.54, 1.807) is 30.3 Å². The molecule has 0 bridgehead atoms. The van der Waals surface area contributed by atoms with Crippen molar-refractivity contribution in [3.05, 3.63) is 111 Å². The Kier molecular flexibility index (Phi) is 6.43. The van der Waals surface area contributed by atoms with Crippen molar-refractivity contribution in [2.75, 3.05) is 6.61 Å². The number of allylic oxidation sites excluding steroid dienone is 1. The van der Waals surface area contributed by atoms with Crippen LogP contribution in [0, 0.1) is 11.3 Å². The molecule has 4 aromatic rings. The van der Waals surface area contributed by atoms with Gasteiger partial charge < -0.3 is 19.9 Å². The molecule has 1 heterocycles. The molecule has 0 fully saturated rings. The van der Waals surface area contributed by atoms with E-state index in [9.17, 15) is 10.1 Å². The van der Waals surface area contributed by atoms with Crippen LogP contribution in [0.5, 0.6) is 17.2 Å². The molecule has 0 saturated heterocycles. The summed E-state index contributed by atoms with van der Waals surface area (Å²) in [6, 6.07) is 25.7. The minimum atomic E-state index is -0.636. The van der Waals surface area contributed by atoms with E-state index in [-0.39, 0.29) is 23.3 Å². The summed E-state index contributed by atoms with van der Waals surface area (Å²) in [4.78, 5) is 12.4. The van der Waals surface area contributed by atoms with Crippen molar-refractivity contribution in [3.8, 4) is 23.3 Å². The largest absolute Gasteiger partial charge is 0.480 e. The van der Waals surface area contributed by atoms with Crippen molar-refractivity contribution in [1.29, 1.82) is 5.26 Å². The Labute approximate surface area is 217 Å². The zero-order valence-electron chi connectivity index (χ0n) is 18.7. The first kappa shape index (κ1) is 23.6. The minimum Gasteiger partial charge on any atom is -0.480 e. The Morgan fingerprint density at radius 2 is 1.81 bits per heavy atom. The smallest absolute Gasteiger partial charge is 0.349 e. The van der Waals surface area contributed by atoms with Crippen LogP contribution in [-0.2, 0) is 4.79 Å². The van der Waals surface area contributed by atoms with Crippen molar-refractivity contribution in [2.45, 2.75) is 5.92 Å². The van der Waals surface area contributed by atoms with E-state index in [2.05, 4.69) is 6.07 Å². The third-order valence-corrected chi connectivity index (χ3v) is 6.33. The van der Waals surface area contributed by atoms with Gasteiger partial charge in [0.2, 0.25) is 5.88 Å². The number of nitriles is 1. The Morgan fingerprint density at radius 1 is 1.00 bits per heavy atom. The van der Waals surface area contributed by atoms with Crippen molar-refractivity contribution < 1.29 is 19.0 Å². The summed E-state index contributed by atoms with van der Waals surface area (Å²) in [5.41, 5.74) is 8.13. The number of fused-ring (bicyclic) bond motifs is 2. The average molecular weight is 517 g/mol. The van der Waals surface area contributed by atoms with Gasteiger partial charge in [-0.25, -0.2) is 4.79 Å². The number of carbonyl (C=O) groups is 1. The highest BCUT2D eigenvalue weighted by atomic mass is 35.5. The van der Waals surface area contributed by atoms with Crippen molar-refractivity contribution in [1.82, 2.24) is 0 Å². The lowest BCUT2D eigenvalue weighted by molar-refractivity contribution is -0.136. The van der Waals surface area contributed by atoms with Gasteiger partial charge in [-0.15, -0.1) is 0 Å². The van der Waals surface area contributed by atoms with Crippen LogP contribution in [0.15, 0.2) is 90.3 Å². The lowest BCUT2D eigenvalue weighted by atomic mass is 9.81. The highest BCUT2D eigenvalue weighted by molar-refractivity contribution is 6.35. The van der Waals surface area contributed by atoms with Crippen LogP contribution >= 0.6 is 23.2 Å². The molecule has 2 N–H and O–H groups in total. The van der Waals surface area contributed by atoms with Gasteiger partial charge in [-0.05, 0) is 40.6 Å². The van der Waals surface area contributed by atoms with E-state index in [4.69, 9.17) is 43.1 Å². The number of nitrogens with two attached hydrogens (primary N) is 1. The lowest BCUT2D eigenvalue weighted by Gasteiger charge is -2.27. The third-order valence-electron chi connectivity index (χ3n) is 5.80. The number of esters is 1. The molecule has 6 nitrogen and oxygen atoms in total. The fourth-order valence-corrected chi connectivity index (χ4v) is 4.67. The van der Waals surface area contributed by atoms with Gasteiger partial charge in [0.1, 0.15) is 28.9 Å². The quantitative estimate of drug-likeness (QED) is 0.245. The Morgan fingerprint density at radius 3 is 2.61 bits per heavy atom. The molecule has 4 aromatic carbocycles. The fourth-order valence-electron chi connectivity index (χ4n) is 4.21. The Hall–Kier alpha value is -4.18. The van der Waals surface area contributed by atoms with E-state index >= 15 is 0 Å². The second kappa shape index (κ2) is 9.82. The number of carbonyl (C=O) groups excluding carboxylic acids is 1. The van der Waals surface area contributed by atoms with E-state index in [0.29, 0.717) is 22.1 Å². The predicted octanol–water partition coefficient (Wildman–Crippen LogP) is 6.35. The summed E-state index contributed by atoms with van der Waals surface area (Å²) < 4.78 is 16.6. The van der Waals surface area contributed by atoms with Crippen LogP contribution in [0.1, 0.15) is 17.0 Å². The van der Waals surface area contributed by atoms with E-state index in [1.807, 2.05) is 42.5 Å². The van der Waals surface area contributed by atoms with Gasteiger partial charge in [-0.3, -0.25) is 0 Å². The van der Waals surface area contributed by atoms with Gasteiger partial charge >= 0.3 is 5.97 Å². The minimum absolute atomic E-state index is 0.00660. The van der Waals surface area contributed by atoms with Crippen LogP contribution in [0.3, 0.4) is 0 Å². The number of nitrogens with zero attached hydrogens (tertiary/aromatic N) is 1. The molecule has 1 unspecified atom stereocenters. The maximum Gasteiger partial charge on any atom is 0.349 e. The first-order chi connectivity index (χ1) is 17.4. The molecule has 8 heteroatoms. The van der Waals surface area contributed by atoms with Gasteiger partial charge in [0.15, 0.2) is 6.61 Å². The second-order valence-electron chi connectivity index (χ2n) is 8.03. The fraction of sp³-hybridized carbons (Fsp3) is 0.0714. The first-order valence-electron chi connectivity index (χ1n) is 10.9. The van der Waals surface area contributed by atoms with E-state index < -0.39 is 11.9 Å². The van der Waals surface area contributed by atoms with Gasteiger partial charge in [-0.2, -0.15) is 5.26 Å². The summed E-state index contributed by atoms with van der Waals surface area (Å²) >= 11 is 12.0. The summed E-state index contributed by atoms with van der Waals surface area (Å²) in [7, 11) is 0. The molecular weight excluding hydrogens is 499 g/mol. The number of hydrogen-bond donors (Lipinski definition) is 1. The number of rotatable bonds is 5. The summed E-state index contributed by atoms with van der Waals surface area (Å²) in [6.45, 7) is -0.363. The van der Waals surface area contributed by atoms with Crippen LogP contribution in [-0.4, -0.2) is 12.6 Å². The Bertz CT molecular complexity index is 1570. The summed E-state index contributed by atoms with van der Waals surface area (Å²) in [5.74, 6) is -0.113. The summed E-state index contributed by atoms with van der Waals surface area (Å²) in [5, 5.41) is 12.7. The molecule has 1 aliphatic heterocycles. The SMILES string of the molecule is N#CC1=C(N)Oc2cc(OC(=O)COc3ccc(Cl)cc3Cl)ccc2C1c1cccc2ccccc12. The number of halogens is 2.